The zero-order valence-electron chi connectivity index (χ0n) is 12.1. The number of aliphatic imine (C=N–C) groups is 1. The molecule has 20 heavy (non-hydrogen) atoms. The van der Waals surface area contributed by atoms with Crippen LogP contribution in [0.2, 0.25) is 0 Å². The highest BCUT2D eigenvalue weighted by Gasteiger charge is 2.08. The van der Waals surface area contributed by atoms with E-state index in [1.54, 1.807) is 14.2 Å². The molecule has 1 rings (SSSR count). The highest BCUT2D eigenvalue weighted by Crippen LogP contribution is 2.26. The van der Waals surface area contributed by atoms with Gasteiger partial charge in [-0.2, -0.15) is 0 Å². The van der Waals surface area contributed by atoms with Crippen molar-refractivity contribution in [2.75, 3.05) is 27.2 Å². The zero-order chi connectivity index (χ0) is 14.8. The molecule has 5 heteroatoms. The molecule has 2 N–H and O–H groups in total. The van der Waals surface area contributed by atoms with Gasteiger partial charge in [0.05, 0.1) is 20.2 Å². The summed E-state index contributed by atoms with van der Waals surface area (Å²) in [6.45, 7) is 3.00. The lowest BCUT2D eigenvalue weighted by Crippen LogP contribution is -2.41. The third-order valence-corrected chi connectivity index (χ3v) is 2.54. The Hall–Kier alpha value is -2.35. The van der Waals surface area contributed by atoms with Gasteiger partial charge in [-0.05, 0) is 19.1 Å². The van der Waals surface area contributed by atoms with Crippen LogP contribution in [-0.4, -0.2) is 39.3 Å². The van der Waals surface area contributed by atoms with E-state index in [0.717, 1.165) is 5.75 Å². The minimum Gasteiger partial charge on any atom is -0.493 e. The lowest BCUT2D eigenvalue weighted by molar-refractivity contribution is 0.213. The predicted molar refractivity (Wildman–Crippen MR) is 81.3 cm³/mol. The van der Waals surface area contributed by atoms with Crippen LogP contribution in [0.3, 0.4) is 0 Å². The number of ether oxygens (including phenoxy) is 2. The molecule has 1 aromatic rings. The van der Waals surface area contributed by atoms with E-state index in [0.29, 0.717) is 24.8 Å². The van der Waals surface area contributed by atoms with Gasteiger partial charge in [0.2, 0.25) is 0 Å². The fraction of sp³-hybridized carbons (Fsp3) is 0.400. The first-order valence-corrected chi connectivity index (χ1v) is 6.39. The molecule has 5 nitrogen and oxygen atoms in total. The van der Waals surface area contributed by atoms with Gasteiger partial charge >= 0.3 is 0 Å². The Morgan fingerprint density at radius 1 is 1.35 bits per heavy atom. The summed E-state index contributed by atoms with van der Waals surface area (Å²) in [6, 6.07) is 7.55. The van der Waals surface area contributed by atoms with Crippen LogP contribution in [0.25, 0.3) is 0 Å². The third-order valence-electron chi connectivity index (χ3n) is 2.54. The number of rotatable bonds is 6. The van der Waals surface area contributed by atoms with Crippen molar-refractivity contribution in [3.8, 4) is 23.8 Å². The van der Waals surface area contributed by atoms with Crippen molar-refractivity contribution in [3.05, 3.63) is 24.3 Å². The molecule has 0 aliphatic carbocycles. The monoisotopic (exact) mass is 275 g/mol. The average molecular weight is 275 g/mol. The molecule has 108 valence electrons. The Morgan fingerprint density at radius 2 is 2.05 bits per heavy atom. The molecule has 0 radical (unpaired) electrons. The van der Waals surface area contributed by atoms with Gasteiger partial charge in [0.1, 0.15) is 6.10 Å². The molecular weight excluding hydrogens is 254 g/mol. The number of methoxy groups -OCH3 is 1. The molecule has 0 aromatic heterocycles. The molecule has 1 unspecified atom stereocenters. The average Bonchev–Trinajstić information content (AvgIpc) is 2.48. The van der Waals surface area contributed by atoms with Crippen LogP contribution in [0.5, 0.6) is 11.5 Å². The summed E-state index contributed by atoms with van der Waals surface area (Å²) >= 11 is 0. The summed E-state index contributed by atoms with van der Waals surface area (Å²) in [4.78, 5) is 4.06. The van der Waals surface area contributed by atoms with Gasteiger partial charge in [-0.1, -0.05) is 18.1 Å². The lowest BCUT2D eigenvalue weighted by Gasteiger charge is -2.18. The van der Waals surface area contributed by atoms with Crippen molar-refractivity contribution in [2.24, 2.45) is 4.99 Å². The molecule has 0 saturated heterocycles. The van der Waals surface area contributed by atoms with Crippen molar-refractivity contribution in [2.45, 2.75) is 13.0 Å². The van der Waals surface area contributed by atoms with Crippen molar-refractivity contribution in [3.63, 3.8) is 0 Å². The van der Waals surface area contributed by atoms with E-state index in [9.17, 15) is 0 Å². The van der Waals surface area contributed by atoms with E-state index in [4.69, 9.17) is 15.9 Å². The molecule has 0 aliphatic heterocycles. The first-order valence-electron chi connectivity index (χ1n) is 6.39. The molecule has 0 spiro atoms. The second-order valence-corrected chi connectivity index (χ2v) is 4.09. The quantitative estimate of drug-likeness (QED) is 0.466. The Kier molecular flexibility index (Phi) is 6.83. The van der Waals surface area contributed by atoms with E-state index in [2.05, 4.69) is 21.5 Å². The second kappa shape index (κ2) is 8.70. The second-order valence-electron chi connectivity index (χ2n) is 4.09. The number of guanidine groups is 1. The minimum atomic E-state index is -0.0457. The Balaban J connectivity index is 2.47. The molecule has 1 atom stereocenters. The highest BCUT2D eigenvalue weighted by molar-refractivity contribution is 5.79. The zero-order valence-corrected chi connectivity index (χ0v) is 12.1. The van der Waals surface area contributed by atoms with Crippen LogP contribution >= 0.6 is 0 Å². The maximum atomic E-state index is 5.83. The van der Waals surface area contributed by atoms with E-state index in [-0.39, 0.29) is 6.10 Å². The first kappa shape index (κ1) is 15.7. The van der Waals surface area contributed by atoms with Crippen LogP contribution in [0.1, 0.15) is 6.92 Å². The van der Waals surface area contributed by atoms with E-state index >= 15 is 0 Å². The third kappa shape index (κ3) is 5.11. The standard InChI is InChI=1S/C15H21N3O2/c1-5-10-17-15(16-3)18-11-12(2)20-14-9-7-6-8-13(14)19-4/h1,6-9,12H,10-11H2,2-4H3,(H2,16,17,18). The van der Waals surface area contributed by atoms with Gasteiger partial charge in [-0.25, -0.2) is 0 Å². The molecule has 0 aliphatic rings. The van der Waals surface area contributed by atoms with Crippen LogP contribution in [0.15, 0.2) is 29.3 Å². The molecule has 0 amide bonds. The Bertz CT molecular complexity index is 480. The Labute approximate surface area is 120 Å². The number of hydrogen-bond acceptors (Lipinski definition) is 3. The summed E-state index contributed by atoms with van der Waals surface area (Å²) in [5.41, 5.74) is 0. The molecule has 0 fully saturated rings. The maximum absolute atomic E-state index is 5.83. The number of nitrogens with zero attached hydrogens (tertiary/aromatic N) is 1. The van der Waals surface area contributed by atoms with Crippen molar-refractivity contribution >= 4 is 5.96 Å². The van der Waals surface area contributed by atoms with Crippen molar-refractivity contribution in [1.82, 2.24) is 10.6 Å². The van der Waals surface area contributed by atoms with Crippen LogP contribution in [0.4, 0.5) is 0 Å². The van der Waals surface area contributed by atoms with Crippen LogP contribution in [-0.2, 0) is 0 Å². The number of hydrogen-bond donors (Lipinski definition) is 2. The molecular formula is C15H21N3O2. The van der Waals surface area contributed by atoms with E-state index < -0.39 is 0 Å². The Morgan fingerprint density at radius 3 is 2.65 bits per heavy atom. The molecule has 1 aromatic carbocycles. The normalized spacial score (nSPS) is 12.2. The molecule has 0 saturated carbocycles. The summed E-state index contributed by atoms with van der Waals surface area (Å²) in [5.74, 6) is 4.58. The van der Waals surface area contributed by atoms with Gasteiger partial charge in [0.15, 0.2) is 17.5 Å². The van der Waals surface area contributed by atoms with Gasteiger partial charge in [-0.15, -0.1) is 6.42 Å². The number of nitrogens with one attached hydrogen (secondary N) is 2. The first-order chi connectivity index (χ1) is 9.71. The maximum Gasteiger partial charge on any atom is 0.191 e. The number of benzene rings is 1. The lowest BCUT2D eigenvalue weighted by atomic mass is 10.3. The van der Waals surface area contributed by atoms with Gasteiger partial charge in [0, 0.05) is 7.05 Å². The minimum absolute atomic E-state index is 0.0457. The SMILES string of the molecule is C#CCNC(=NC)NCC(C)Oc1ccccc1OC. The van der Waals surface area contributed by atoms with Gasteiger partial charge in [-0.3, -0.25) is 4.99 Å². The molecule has 0 heterocycles. The fourth-order valence-electron chi connectivity index (χ4n) is 1.57. The number of para-hydroxylation sites is 2. The smallest absolute Gasteiger partial charge is 0.191 e. The van der Waals surface area contributed by atoms with Crippen molar-refractivity contribution < 1.29 is 9.47 Å². The van der Waals surface area contributed by atoms with Gasteiger partial charge in [0.25, 0.3) is 0 Å². The van der Waals surface area contributed by atoms with E-state index in [1.807, 2.05) is 31.2 Å². The van der Waals surface area contributed by atoms with Crippen LogP contribution < -0.4 is 20.1 Å². The summed E-state index contributed by atoms with van der Waals surface area (Å²) in [7, 11) is 3.31. The van der Waals surface area contributed by atoms with Crippen molar-refractivity contribution in [1.29, 1.82) is 0 Å². The summed E-state index contributed by atoms with van der Waals surface area (Å²) in [6.07, 6.45) is 5.14. The fourth-order valence-corrected chi connectivity index (χ4v) is 1.57. The summed E-state index contributed by atoms with van der Waals surface area (Å²) < 4.78 is 11.1. The highest BCUT2D eigenvalue weighted by atomic mass is 16.5. The van der Waals surface area contributed by atoms with E-state index in [1.165, 1.54) is 0 Å². The largest absolute Gasteiger partial charge is 0.493 e. The topological polar surface area (TPSA) is 54.9 Å². The number of terminal acetylenes is 1. The predicted octanol–water partition coefficient (Wildman–Crippen LogP) is 1.26. The van der Waals surface area contributed by atoms with Gasteiger partial charge < -0.3 is 20.1 Å². The van der Waals surface area contributed by atoms with Crippen LogP contribution in [0, 0.1) is 12.3 Å². The summed E-state index contributed by atoms with van der Waals surface area (Å²) in [5, 5.41) is 6.12. The molecule has 0 bridgehead atoms.